The van der Waals surface area contributed by atoms with Gasteiger partial charge in [0.2, 0.25) is 5.91 Å². The maximum atomic E-state index is 13.3. The molecule has 6 nitrogen and oxygen atoms in total. The van der Waals surface area contributed by atoms with Crippen LogP contribution >= 0.6 is 0 Å². The van der Waals surface area contributed by atoms with Crippen LogP contribution in [-0.2, 0) is 4.79 Å². The third-order valence-corrected chi connectivity index (χ3v) is 2.08. The summed E-state index contributed by atoms with van der Waals surface area (Å²) >= 11 is 0. The molecule has 7 heteroatoms. The van der Waals surface area contributed by atoms with Crippen molar-refractivity contribution in [1.29, 1.82) is 0 Å². The summed E-state index contributed by atoms with van der Waals surface area (Å²) in [5.41, 5.74) is 4.81. The Morgan fingerprint density at radius 3 is 2.76 bits per heavy atom. The number of rotatable bonds is 6. The van der Waals surface area contributed by atoms with Crippen LogP contribution in [0, 0.1) is 15.9 Å². The molecule has 0 spiro atoms. The van der Waals surface area contributed by atoms with Crippen molar-refractivity contribution in [2.75, 3.05) is 11.9 Å². The molecule has 0 aliphatic heterocycles. The van der Waals surface area contributed by atoms with Crippen molar-refractivity contribution in [1.82, 2.24) is 0 Å². The van der Waals surface area contributed by atoms with Crippen LogP contribution in [0.25, 0.3) is 0 Å². The van der Waals surface area contributed by atoms with Crippen LogP contribution in [-0.4, -0.2) is 17.4 Å². The van der Waals surface area contributed by atoms with Crippen molar-refractivity contribution in [2.24, 2.45) is 5.73 Å². The SMILES string of the molecule is NC(=O)CCCNc1ccc([N+](=O)[O-])cc1F. The molecule has 92 valence electrons. The van der Waals surface area contributed by atoms with Gasteiger partial charge < -0.3 is 11.1 Å². The number of amides is 1. The van der Waals surface area contributed by atoms with Crippen LogP contribution in [0.5, 0.6) is 0 Å². The minimum Gasteiger partial charge on any atom is -0.383 e. The number of non-ortho nitro benzene ring substituents is 1. The van der Waals surface area contributed by atoms with Gasteiger partial charge in [-0.25, -0.2) is 4.39 Å². The first-order chi connectivity index (χ1) is 8.00. The molecule has 0 aliphatic carbocycles. The number of primary amides is 1. The lowest BCUT2D eigenvalue weighted by Crippen LogP contribution is -2.13. The first-order valence-electron chi connectivity index (χ1n) is 4.97. The van der Waals surface area contributed by atoms with Gasteiger partial charge in [0.15, 0.2) is 5.82 Å². The van der Waals surface area contributed by atoms with E-state index in [-0.39, 0.29) is 17.8 Å². The average molecular weight is 241 g/mol. The number of carbonyl (C=O) groups is 1. The maximum absolute atomic E-state index is 13.3. The predicted octanol–water partition coefficient (Wildman–Crippen LogP) is 1.41. The molecule has 0 heterocycles. The number of anilines is 1. The van der Waals surface area contributed by atoms with E-state index in [1.807, 2.05) is 0 Å². The number of hydrogen-bond acceptors (Lipinski definition) is 4. The van der Waals surface area contributed by atoms with Crippen LogP contribution < -0.4 is 11.1 Å². The lowest BCUT2D eigenvalue weighted by Gasteiger charge is -2.06. The van der Waals surface area contributed by atoms with Gasteiger partial charge in [-0.1, -0.05) is 0 Å². The first-order valence-corrected chi connectivity index (χ1v) is 4.97. The maximum Gasteiger partial charge on any atom is 0.272 e. The third-order valence-electron chi connectivity index (χ3n) is 2.08. The van der Waals surface area contributed by atoms with Gasteiger partial charge in [0.05, 0.1) is 16.7 Å². The fourth-order valence-electron chi connectivity index (χ4n) is 1.25. The number of hydrogen-bond donors (Lipinski definition) is 2. The second-order valence-corrected chi connectivity index (χ2v) is 3.42. The molecule has 1 aromatic rings. The van der Waals surface area contributed by atoms with Crippen LogP contribution in [0.15, 0.2) is 18.2 Å². The van der Waals surface area contributed by atoms with Crippen LogP contribution in [0.2, 0.25) is 0 Å². The number of halogens is 1. The van der Waals surface area contributed by atoms with Crippen molar-refractivity contribution >= 4 is 17.3 Å². The molecule has 1 amide bonds. The smallest absolute Gasteiger partial charge is 0.272 e. The Labute approximate surface area is 96.8 Å². The standard InChI is InChI=1S/C10H12FN3O3/c11-8-6-7(14(16)17)3-4-9(8)13-5-1-2-10(12)15/h3-4,6,13H,1-2,5H2,(H2,12,15). The van der Waals surface area contributed by atoms with Crippen molar-refractivity contribution in [3.63, 3.8) is 0 Å². The van der Waals surface area contributed by atoms with Crippen LogP contribution in [0.1, 0.15) is 12.8 Å². The molecule has 0 aliphatic rings. The number of benzene rings is 1. The monoisotopic (exact) mass is 241 g/mol. The van der Waals surface area contributed by atoms with Crippen LogP contribution in [0.4, 0.5) is 15.8 Å². The Hall–Kier alpha value is -2.18. The molecule has 0 saturated carbocycles. The summed E-state index contributed by atoms with van der Waals surface area (Å²) in [5.74, 6) is -1.12. The van der Waals surface area contributed by atoms with Gasteiger partial charge in [-0.05, 0) is 12.5 Å². The van der Waals surface area contributed by atoms with Crippen LogP contribution in [0.3, 0.4) is 0 Å². The van der Waals surface area contributed by atoms with Gasteiger partial charge in [-0.15, -0.1) is 0 Å². The Morgan fingerprint density at radius 1 is 1.53 bits per heavy atom. The molecular formula is C10H12FN3O3. The third kappa shape index (κ3) is 4.06. The van der Waals surface area contributed by atoms with Gasteiger partial charge in [-0.3, -0.25) is 14.9 Å². The van der Waals surface area contributed by atoms with E-state index in [0.717, 1.165) is 6.07 Å². The summed E-state index contributed by atoms with van der Waals surface area (Å²) < 4.78 is 13.3. The van der Waals surface area contributed by atoms with E-state index in [1.165, 1.54) is 12.1 Å². The van der Waals surface area contributed by atoms with Gasteiger partial charge >= 0.3 is 0 Å². The fraction of sp³-hybridized carbons (Fsp3) is 0.300. The molecule has 0 saturated heterocycles. The summed E-state index contributed by atoms with van der Waals surface area (Å²) in [7, 11) is 0. The number of carbonyl (C=O) groups excluding carboxylic acids is 1. The molecular weight excluding hydrogens is 229 g/mol. The predicted molar refractivity (Wildman–Crippen MR) is 60.0 cm³/mol. The Morgan fingerprint density at radius 2 is 2.24 bits per heavy atom. The molecule has 0 radical (unpaired) electrons. The van der Waals surface area contributed by atoms with E-state index >= 15 is 0 Å². The summed E-state index contributed by atoms with van der Waals surface area (Å²) in [6.45, 7) is 0.373. The van der Waals surface area contributed by atoms with E-state index in [0.29, 0.717) is 13.0 Å². The summed E-state index contributed by atoms with van der Waals surface area (Å²) in [6, 6.07) is 3.34. The second kappa shape index (κ2) is 5.78. The zero-order valence-corrected chi connectivity index (χ0v) is 8.98. The normalized spacial score (nSPS) is 9.94. The zero-order chi connectivity index (χ0) is 12.8. The van der Waals surface area contributed by atoms with Crippen molar-refractivity contribution in [3.05, 3.63) is 34.1 Å². The highest BCUT2D eigenvalue weighted by Gasteiger charge is 2.10. The number of nitrogens with zero attached hydrogens (tertiary/aromatic N) is 1. The Bertz CT molecular complexity index is 437. The van der Waals surface area contributed by atoms with E-state index in [2.05, 4.69) is 5.32 Å². The average Bonchev–Trinajstić information content (AvgIpc) is 2.25. The molecule has 1 aromatic carbocycles. The first kappa shape index (κ1) is 12.9. The lowest BCUT2D eigenvalue weighted by atomic mass is 10.2. The van der Waals surface area contributed by atoms with E-state index < -0.39 is 16.6 Å². The number of nitro groups is 1. The zero-order valence-electron chi connectivity index (χ0n) is 8.98. The molecule has 0 unspecified atom stereocenters. The largest absolute Gasteiger partial charge is 0.383 e. The molecule has 0 bridgehead atoms. The number of nitro benzene ring substituents is 1. The quantitative estimate of drug-likeness (QED) is 0.447. The van der Waals surface area contributed by atoms with Gasteiger partial charge in [0.1, 0.15) is 0 Å². The highest BCUT2D eigenvalue weighted by molar-refractivity contribution is 5.73. The van der Waals surface area contributed by atoms with Crippen molar-refractivity contribution in [3.8, 4) is 0 Å². The van der Waals surface area contributed by atoms with E-state index in [4.69, 9.17) is 5.73 Å². The number of nitrogens with one attached hydrogen (secondary N) is 1. The molecule has 0 aromatic heterocycles. The molecule has 0 atom stereocenters. The van der Waals surface area contributed by atoms with Gasteiger partial charge in [0, 0.05) is 19.0 Å². The topological polar surface area (TPSA) is 98.3 Å². The summed E-state index contributed by atoms with van der Waals surface area (Å²) in [5, 5.41) is 13.1. The fourth-order valence-corrected chi connectivity index (χ4v) is 1.25. The highest BCUT2D eigenvalue weighted by Crippen LogP contribution is 2.20. The molecule has 1 rings (SSSR count). The minimum atomic E-state index is -0.696. The highest BCUT2D eigenvalue weighted by atomic mass is 19.1. The molecule has 3 N–H and O–H groups in total. The molecule has 0 fully saturated rings. The molecule has 17 heavy (non-hydrogen) atoms. The Balaban J connectivity index is 2.54. The van der Waals surface area contributed by atoms with Crippen molar-refractivity contribution in [2.45, 2.75) is 12.8 Å². The van der Waals surface area contributed by atoms with Gasteiger partial charge in [-0.2, -0.15) is 0 Å². The number of nitrogens with two attached hydrogens (primary N) is 1. The summed E-state index contributed by atoms with van der Waals surface area (Å²) in [4.78, 5) is 20.1. The lowest BCUT2D eigenvalue weighted by molar-refractivity contribution is -0.385. The summed E-state index contributed by atoms with van der Waals surface area (Å²) in [6.07, 6.45) is 0.688. The Kier molecular flexibility index (Phi) is 4.38. The minimum absolute atomic E-state index is 0.167. The van der Waals surface area contributed by atoms with E-state index in [1.54, 1.807) is 0 Å². The van der Waals surface area contributed by atoms with Crippen molar-refractivity contribution < 1.29 is 14.1 Å². The van der Waals surface area contributed by atoms with Gasteiger partial charge in [0.25, 0.3) is 5.69 Å². The van der Waals surface area contributed by atoms with E-state index in [9.17, 15) is 19.3 Å². The second-order valence-electron chi connectivity index (χ2n) is 3.42.